The summed E-state index contributed by atoms with van der Waals surface area (Å²) in [5, 5.41) is 3.28. The minimum atomic E-state index is 0.444. The van der Waals surface area contributed by atoms with E-state index < -0.39 is 0 Å². The zero-order valence-corrected chi connectivity index (χ0v) is 8.37. The Hall–Kier alpha value is -1.25. The molecule has 0 aliphatic carbocycles. The first-order valence-corrected chi connectivity index (χ1v) is 4.52. The number of hydrogen-bond acceptors (Lipinski definition) is 3. The van der Waals surface area contributed by atoms with Gasteiger partial charge in [-0.05, 0) is 19.4 Å². The molecule has 0 fully saturated rings. The lowest BCUT2D eigenvalue weighted by Gasteiger charge is -2.12. The van der Waals surface area contributed by atoms with Gasteiger partial charge in [-0.3, -0.25) is 0 Å². The van der Waals surface area contributed by atoms with Crippen LogP contribution in [0.2, 0.25) is 0 Å². The lowest BCUT2D eigenvalue weighted by molar-refractivity contribution is 0.414. The van der Waals surface area contributed by atoms with E-state index in [0.29, 0.717) is 6.04 Å². The van der Waals surface area contributed by atoms with Gasteiger partial charge in [-0.1, -0.05) is 6.92 Å². The van der Waals surface area contributed by atoms with Crippen molar-refractivity contribution in [1.82, 2.24) is 4.98 Å². The molecule has 1 atom stereocenters. The number of rotatable bonds is 4. The summed E-state index contributed by atoms with van der Waals surface area (Å²) in [5.74, 6) is 1.70. The highest BCUT2D eigenvalue weighted by atomic mass is 16.5. The second-order valence-electron chi connectivity index (χ2n) is 3.03. The van der Waals surface area contributed by atoms with Crippen molar-refractivity contribution < 1.29 is 4.74 Å². The van der Waals surface area contributed by atoms with E-state index in [1.807, 2.05) is 12.1 Å². The van der Waals surface area contributed by atoms with Crippen molar-refractivity contribution in [2.75, 3.05) is 12.4 Å². The summed E-state index contributed by atoms with van der Waals surface area (Å²) in [5.41, 5.74) is 0. The summed E-state index contributed by atoms with van der Waals surface area (Å²) in [6.45, 7) is 4.26. The van der Waals surface area contributed by atoms with Crippen LogP contribution in [0.1, 0.15) is 20.3 Å². The molecule has 72 valence electrons. The van der Waals surface area contributed by atoms with Crippen LogP contribution in [0.3, 0.4) is 0 Å². The highest BCUT2D eigenvalue weighted by Crippen LogP contribution is 2.14. The molecule has 0 aromatic carbocycles. The van der Waals surface area contributed by atoms with Gasteiger partial charge in [0.1, 0.15) is 11.6 Å². The molecule has 1 heterocycles. The first kappa shape index (κ1) is 9.84. The monoisotopic (exact) mass is 180 g/mol. The molecule has 0 aliphatic heterocycles. The van der Waals surface area contributed by atoms with Gasteiger partial charge in [0.25, 0.3) is 0 Å². The highest BCUT2D eigenvalue weighted by molar-refractivity contribution is 5.41. The number of hydrogen-bond donors (Lipinski definition) is 1. The first-order valence-electron chi connectivity index (χ1n) is 4.52. The molecule has 1 aromatic rings. The maximum absolute atomic E-state index is 5.09. The van der Waals surface area contributed by atoms with Crippen LogP contribution in [0, 0.1) is 0 Å². The van der Waals surface area contributed by atoms with E-state index in [0.717, 1.165) is 18.0 Å². The van der Waals surface area contributed by atoms with Crippen molar-refractivity contribution in [2.45, 2.75) is 26.3 Å². The van der Waals surface area contributed by atoms with E-state index in [1.54, 1.807) is 13.3 Å². The number of aromatic nitrogens is 1. The Morgan fingerprint density at radius 2 is 2.38 bits per heavy atom. The lowest BCUT2D eigenvalue weighted by atomic mass is 10.2. The molecule has 1 unspecified atom stereocenters. The molecule has 1 aromatic heterocycles. The fraction of sp³-hybridized carbons (Fsp3) is 0.500. The number of nitrogens with zero attached hydrogens (tertiary/aromatic N) is 1. The predicted molar refractivity (Wildman–Crippen MR) is 54.2 cm³/mol. The van der Waals surface area contributed by atoms with Crippen LogP contribution in [0.15, 0.2) is 18.3 Å². The Balaban J connectivity index is 2.66. The van der Waals surface area contributed by atoms with Crippen molar-refractivity contribution in [3.63, 3.8) is 0 Å². The standard InChI is InChI=1S/C10H16N2O/c1-4-8(2)12-10-7-9(13-3)5-6-11-10/h5-8H,4H2,1-3H3,(H,11,12). The molecular weight excluding hydrogens is 164 g/mol. The molecule has 0 saturated carbocycles. The minimum absolute atomic E-state index is 0.444. The fourth-order valence-electron chi connectivity index (χ4n) is 0.972. The molecule has 0 spiro atoms. The summed E-state index contributed by atoms with van der Waals surface area (Å²) >= 11 is 0. The third kappa shape index (κ3) is 2.93. The Labute approximate surface area is 79.1 Å². The normalized spacial score (nSPS) is 12.2. The van der Waals surface area contributed by atoms with Gasteiger partial charge >= 0.3 is 0 Å². The molecule has 3 nitrogen and oxygen atoms in total. The molecule has 0 bridgehead atoms. The van der Waals surface area contributed by atoms with Gasteiger partial charge in [0.2, 0.25) is 0 Å². The summed E-state index contributed by atoms with van der Waals surface area (Å²) in [6.07, 6.45) is 2.82. The van der Waals surface area contributed by atoms with Crippen LogP contribution in [-0.4, -0.2) is 18.1 Å². The molecule has 1 rings (SSSR count). The van der Waals surface area contributed by atoms with Crippen molar-refractivity contribution >= 4 is 5.82 Å². The van der Waals surface area contributed by atoms with Crippen molar-refractivity contribution in [3.05, 3.63) is 18.3 Å². The summed E-state index contributed by atoms with van der Waals surface area (Å²) in [7, 11) is 1.66. The van der Waals surface area contributed by atoms with Gasteiger partial charge in [-0.2, -0.15) is 0 Å². The van der Waals surface area contributed by atoms with E-state index in [2.05, 4.69) is 24.1 Å². The third-order valence-electron chi connectivity index (χ3n) is 1.97. The van der Waals surface area contributed by atoms with Crippen LogP contribution < -0.4 is 10.1 Å². The van der Waals surface area contributed by atoms with Gasteiger partial charge in [-0.25, -0.2) is 4.98 Å². The SMILES string of the molecule is CCC(C)Nc1cc(OC)ccn1. The largest absolute Gasteiger partial charge is 0.497 e. The van der Waals surface area contributed by atoms with E-state index in [4.69, 9.17) is 4.74 Å². The molecule has 0 aliphatic rings. The first-order chi connectivity index (χ1) is 6.26. The molecule has 0 saturated heterocycles. The van der Waals surface area contributed by atoms with Crippen LogP contribution in [0.25, 0.3) is 0 Å². The van der Waals surface area contributed by atoms with Crippen molar-refractivity contribution in [1.29, 1.82) is 0 Å². The maximum atomic E-state index is 5.09. The number of pyridine rings is 1. The van der Waals surface area contributed by atoms with Crippen LogP contribution in [-0.2, 0) is 0 Å². The summed E-state index contributed by atoms with van der Waals surface area (Å²) in [6, 6.07) is 4.17. The van der Waals surface area contributed by atoms with Gasteiger partial charge < -0.3 is 10.1 Å². The van der Waals surface area contributed by atoms with Crippen molar-refractivity contribution in [2.24, 2.45) is 0 Å². The topological polar surface area (TPSA) is 34.1 Å². The van der Waals surface area contributed by atoms with Gasteiger partial charge in [0.15, 0.2) is 0 Å². The van der Waals surface area contributed by atoms with E-state index in [9.17, 15) is 0 Å². The quantitative estimate of drug-likeness (QED) is 0.772. The zero-order valence-electron chi connectivity index (χ0n) is 8.37. The lowest BCUT2D eigenvalue weighted by Crippen LogP contribution is -2.14. The Bertz CT molecular complexity index is 263. The maximum Gasteiger partial charge on any atom is 0.129 e. The zero-order chi connectivity index (χ0) is 9.68. The Kier molecular flexibility index (Phi) is 3.55. The number of ether oxygens (including phenoxy) is 1. The molecular formula is C10H16N2O. The second kappa shape index (κ2) is 4.70. The smallest absolute Gasteiger partial charge is 0.129 e. The predicted octanol–water partition coefficient (Wildman–Crippen LogP) is 2.30. The Morgan fingerprint density at radius 3 is 3.00 bits per heavy atom. The average Bonchev–Trinajstić information content (AvgIpc) is 2.18. The third-order valence-corrected chi connectivity index (χ3v) is 1.97. The number of anilines is 1. The van der Waals surface area contributed by atoms with E-state index in [-0.39, 0.29) is 0 Å². The summed E-state index contributed by atoms with van der Waals surface area (Å²) in [4.78, 5) is 4.18. The van der Waals surface area contributed by atoms with Crippen LogP contribution in [0.4, 0.5) is 5.82 Å². The molecule has 3 heteroatoms. The molecule has 0 amide bonds. The van der Waals surface area contributed by atoms with E-state index >= 15 is 0 Å². The fourth-order valence-corrected chi connectivity index (χ4v) is 0.972. The van der Waals surface area contributed by atoms with Crippen LogP contribution in [0.5, 0.6) is 5.75 Å². The van der Waals surface area contributed by atoms with E-state index in [1.165, 1.54) is 0 Å². The van der Waals surface area contributed by atoms with Gasteiger partial charge in [-0.15, -0.1) is 0 Å². The molecule has 0 radical (unpaired) electrons. The van der Waals surface area contributed by atoms with Crippen molar-refractivity contribution in [3.8, 4) is 5.75 Å². The average molecular weight is 180 g/mol. The minimum Gasteiger partial charge on any atom is -0.497 e. The number of nitrogens with one attached hydrogen (secondary N) is 1. The van der Waals surface area contributed by atoms with Crippen LogP contribution >= 0.6 is 0 Å². The summed E-state index contributed by atoms with van der Waals surface area (Å²) < 4.78 is 5.09. The second-order valence-corrected chi connectivity index (χ2v) is 3.03. The molecule has 1 N–H and O–H groups in total. The van der Waals surface area contributed by atoms with Gasteiger partial charge in [0.05, 0.1) is 7.11 Å². The number of methoxy groups -OCH3 is 1. The Morgan fingerprint density at radius 1 is 1.62 bits per heavy atom. The van der Waals surface area contributed by atoms with Gasteiger partial charge in [0, 0.05) is 18.3 Å². The highest BCUT2D eigenvalue weighted by Gasteiger charge is 2.00. The molecule has 13 heavy (non-hydrogen) atoms.